The van der Waals surface area contributed by atoms with Gasteiger partial charge in [-0.15, -0.1) is 0 Å². The lowest BCUT2D eigenvalue weighted by molar-refractivity contribution is -0.125. The molecule has 1 saturated heterocycles. The molecule has 20 heavy (non-hydrogen) atoms. The van der Waals surface area contributed by atoms with E-state index in [1.54, 1.807) is 12.1 Å². The standard InChI is InChI=1S/C14H21N3O3/c1-10-3-4-12(18)11(16-10)8-17-6-2-5-14(20,9-17)7-13(15)19/h3-4,18,20H,2,5-9H2,1H3,(H2,15,19). The van der Waals surface area contributed by atoms with E-state index in [9.17, 15) is 15.0 Å². The van der Waals surface area contributed by atoms with Crippen LogP contribution in [0.3, 0.4) is 0 Å². The maximum absolute atomic E-state index is 11.0. The highest BCUT2D eigenvalue weighted by Crippen LogP contribution is 2.26. The molecule has 0 aromatic carbocycles. The highest BCUT2D eigenvalue weighted by Gasteiger charge is 2.34. The minimum absolute atomic E-state index is 0.0310. The zero-order valence-corrected chi connectivity index (χ0v) is 11.7. The Morgan fingerprint density at radius 3 is 3.00 bits per heavy atom. The fourth-order valence-electron chi connectivity index (χ4n) is 2.74. The molecule has 6 heteroatoms. The third-order valence-electron chi connectivity index (χ3n) is 3.60. The van der Waals surface area contributed by atoms with Crippen LogP contribution < -0.4 is 5.73 Å². The number of carbonyl (C=O) groups excluding carboxylic acids is 1. The predicted molar refractivity (Wildman–Crippen MR) is 73.9 cm³/mol. The molecular weight excluding hydrogens is 258 g/mol. The van der Waals surface area contributed by atoms with E-state index in [0.29, 0.717) is 25.2 Å². The number of carbonyl (C=O) groups is 1. The maximum atomic E-state index is 11.0. The van der Waals surface area contributed by atoms with Gasteiger partial charge in [0.05, 0.1) is 17.7 Å². The van der Waals surface area contributed by atoms with E-state index in [2.05, 4.69) is 4.98 Å². The largest absolute Gasteiger partial charge is 0.506 e. The molecule has 1 aliphatic heterocycles. The van der Waals surface area contributed by atoms with Gasteiger partial charge in [0.1, 0.15) is 5.75 Å². The normalized spacial score (nSPS) is 23.7. The van der Waals surface area contributed by atoms with Crippen molar-refractivity contribution >= 4 is 5.91 Å². The number of amides is 1. The van der Waals surface area contributed by atoms with E-state index in [1.807, 2.05) is 11.8 Å². The molecule has 2 heterocycles. The summed E-state index contributed by atoms with van der Waals surface area (Å²) in [6, 6.07) is 3.37. The first-order chi connectivity index (χ1) is 9.38. The lowest BCUT2D eigenvalue weighted by Crippen LogP contribution is -2.49. The molecule has 1 amide bonds. The first-order valence-corrected chi connectivity index (χ1v) is 6.76. The summed E-state index contributed by atoms with van der Waals surface area (Å²) >= 11 is 0. The summed E-state index contributed by atoms with van der Waals surface area (Å²) in [5, 5.41) is 20.2. The van der Waals surface area contributed by atoms with Gasteiger partial charge in [0, 0.05) is 18.8 Å². The van der Waals surface area contributed by atoms with E-state index in [-0.39, 0.29) is 12.2 Å². The smallest absolute Gasteiger partial charge is 0.220 e. The number of pyridine rings is 1. The number of hydrogen-bond donors (Lipinski definition) is 3. The van der Waals surface area contributed by atoms with Gasteiger partial charge in [0.25, 0.3) is 0 Å². The van der Waals surface area contributed by atoms with Crippen LogP contribution in [-0.2, 0) is 11.3 Å². The van der Waals surface area contributed by atoms with Crippen molar-refractivity contribution in [3.63, 3.8) is 0 Å². The SMILES string of the molecule is Cc1ccc(O)c(CN2CCCC(O)(CC(N)=O)C2)n1. The van der Waals surface area contributed by atoms with E-state index >= 15 is 0 Å². The van der Waals surface area contributed by atoms with Crippen LogP contribution in [0.4, 0.5) is 0 Å². The average Bonchev–Trinajstić information content (AvgIpc) is 2.32. The zero-order chi connectivity index (χ0) is 14.8. The summed E-state index contributed by atoms with van der Waals surface area (Å²) in [7, 11) is 0. The van der Waals surface area contributed by atoms with E-state index < -0.39 is 11.5 Å². The fourth-order valence-corrected chi connectivity index (χ4v) is 2.74. The minimum atomic E-state index is -1.07. The second-order valence-electron chi connectivity index (χ2n) is 5.60. The third-order valence-corrected chi connectivity index (χ3v) is 3.60. The molecule has 6 nitrogen and oxygen atoms in total. The Kier molecular flexibility index (Phi) is 4.25. The van der Waals surface area contributed by atoms with Crippen molar-refractivity contribution in [2.75, 3.05) is 13.1 Å². The molecule has 2 rings (SSSR count). The summed E-state index contributed by atoms with van der Waals surface area (Å²) < 4.78 is 0. The Morgan fingerprint density at radius 2 is 2.30 bits per heavy atom. The summed E-state index contributed by atoms with van der Waals surface area (Å²) in [4.78, 5) is 17.3. The molecule has 1 unspecified atom stereocenters. The molecule has 110 valence electrons. The molecule has 4 N–H and O–H groups in total. The monoisotopic (exact) mass is 279 g/mol. The van der Waals surface area contributed by atoms with Gasteiger partial charge in [-0.2, -0.15) is 0 Å². The van der Waals surface area contributed by atoms with Gasteiger partial charge in [0.2, 0.25) is 5.91 Å². The zero-order valence-electron chi connectivity index (χ0n) is 11.7. The molecular formula is C14H21N3O3. The van der Waals surface area contributed by atoms with E-state index in [0.717, 1.165) is 18.7 Å². The third kappa shape index (κ3) is 3.68. The predicted octanol–water partition coefficient (Wildman–Crippen LogP) is 0.298. The number of nitrogens with two attached hydrogens (primary N) is 1. The van der Waals surface area contributed by atoms with Crippen molar-refractivity contribution < 1.29 is 15.0 Å². The molecule has 0 saturated carbocycles. The van der Waals surface area contributed by atoms with Gasteiger partial charge < -0.3 is 15.9 Å². The number of aromatic hydroxyl groups is 1. The lowest BCUT2D eigenvalue weighted by atomic mass is 9.89. The fraction of sp³-hybridized carbons (Fsp3) is 0.571. The van der Waals surface area contributed by atoms with Crippen molar-refractivity contribution in [3.05, 3.63) is 23.5 Å². The number of aromatic nitrogens is 1. The molecule has 1 fully saturated rings. The quantitative estimate of drug-likeness (QED) is 0.736. The van der Waals surface area contributed by atoms with Crippen molar-refractivity contribution in [1.29, 1.82) is 0 Å². The van der Waals surface area contributed by atoms with Crippen LogP contribution in [0.15, 0.2) is 12.1 Å². The van der Waals surface area contributed by atoms with Crippen molar-refractivity contribution in [1.82, 2.24) is 9.88 Å². The molecule has 0 aliphatic carbocycles. The number of rotatable bonds is 4. The number of aliphatic hydroxyl groups is 1. The second-order valence-corrected chi connectivity index (χ2v) is 5.60. The summed E-state index contributed by atoms with van der Waals surface area (Å²) in [6.45, 7) is 3.48. The summed E-state index contributed by atoms with van der Waals surface area (Å²) in [5.74, 6) is -0.342. The van der Waals surface area contributed by atoms with Crippen molar-refractivity contribution in [2.24, 2.45) is 5.73 Å². The van der Waals surface area contributed by atoms with Gasteiger partial charge in [-0.1, -0.05) is 0 Å². The number of primary amides is 1. The summed E-state index contributed by atoms with van der Waals surface area (Å²) in [6.07, 6.45) is 1.33. The maximum Gasteiger partial charge on any atom is 0.220 e. The van der Waals surface area contributed by atoms with Crippen LogP contribution in [0.1, 0.15) is 30.7 Å². The molecule has 0 bridgehead atoms. The molecule has 1 aliphatic rings. The van der Waals surface area contributed by atoms with Crippen molar-refractivity contribution in [3.8, 4) is 5.75 Å². The Morgan fingerprint density at radius 1 is 1.55 bits per heavy atom. The van der Waals surface area contributed by atoms with E-state index in [4.69, 9.17) is 5.73 Å². The van der Waals surface area contributed by atoms with Gasteiger partial charge in [-0.25, -0.2) is 0 Å². The molecule has 0 spiro atoms. The number of likely N-dealkylation sites (tertiary alicyclic amines) is 1. The topological polar surface area (TPSA) is 99.7 Å². The molecule has 1 aromatic rings. The number of nitrogens with zero attached hydrogens (tertiary/aromatic N) is 2. The van der Waals surface area contributed by atoms with Gasteiger partial charge in [0.15, 0.2) is 0 Å². The van der Waals surface area contributed by atoms with Crippen LogP contribution in [0.2, 0.25) is 0 Å². The van der Waals surface area contributed by atoms with Crippen LogP contribution in [0.25, 0.3) is 0 Å². The number of hydrogen-bond acceptors (Lipinski definition) is 5. The lowest BCUT2D eigenvalue weighted by Gasteiger charge is -2.38. The Labute approximate surface area is 118 Å². The highest BCUT2D eigenvalue weighted by atomic mass is 16.3. The number of β-amino-alcohol motifs (C(OH)–C–C–N with tert-alkyl or cyclic N) is 1. The van der Waals surface area contributed by atoms with Crippen LogP contribution in [-0.4, -0.2) is 44.7 Å². The Hall–Kier alpha value is -1.66. The van der Waals surface area contributed by atoms with Gasteiger partial charge in [-0.05, 0) is 38.4 Å². The van der Waals surface area contributed by atoms with Crippen LogP contribution in [0, 0.1) is 6.92 Å². The van der Waals surface area contributed by atoms with Gasteiger partial charge >= 0.3 is 0 Å². The average molecular weight is 279 g/mol. The summed E-state index contributed by atoms with van der Waals surface area (Å²) in [5.41, 5.74) is 5.54. The highest BCUT2D eigenvalue weighted by molar-refractivity contribution is 5.75. The first-order valence-electron chi connectivity index (χ1n) is 6.76. The van der Waals surface area contributed by atoms with Crippen molar-refractivity contribution in [2.45, 2.75) is 38.3 Å². The second kappa shape index (κ2) is 5.76. The Balaban J connectivity index is 2.06. The van der Waals surface area contributed by atoms with Crippen LogP contribution >= 0.6 is 0 Å². The molecule has 1 aromatic heterocycles. The number of piperidine rings is 1. The number of aryl methyl sites for hydroxylation is 1. The minimum Gasteiger partial charge on any atom is -0.506 e. The van der Waals surface area contributed by atoms with E-state index in [1.165, 1.54) is 0 Å². The molecule has 1 atom stereocenters. The van der Waals surface area contributed by atoms with Crippen LogP contribution in [0.5, 0.6) is 5.75 Å². The van der Waals surface area contributed by atoms with Gasteiger partial charge in [-0.3, -0.25) is 14.7 Å². The molecule has 0 radical (unpaired) electrons. The Bertz CT molecular complexity index is 506. The first kappa shape index (κ1) is 14.7.